The van der Waals surface area contributed by atoms with Crippen LogP contribution >= 0.6 is 0 Å². The molecule has 5 heteroatoms. The van der Waals surface area contributed by atoms with Crippen LogP contribution in [-0.2, 0) is 19.1 Å². The van der Waals surface area contributed by atoms with Gasteiger partial charge in [0.2, 0.25) is 5.78 Å². The van der Waals surface area contributed by atoms with Crippen molar-refractivity contribution >= 4 is 11.8 Å². The highest BCUT2D eigenvalue weighted by atomic mass is 16.7. The first-order chi connectivity index (χ1) is 5.61. The van der Waals surface area contributed by atoms with Crippen LogP contribution in [0, 0.1) is 0 Å². The zero-order valence-corrected chi connectivity index (χ0v) is 7.07. The maximum atomic E-state index is 10.6. The van der Waals surface area contributed by atoms with Crippen LogP contribution < -0.4 is 0 Å². The van der Waals surface area contributed by atoms with Crippen LogP contribution in [0.4, 0.5) is 0 Å². The molecule has 0 unspecified atom stereocenters. The summed E-state index contributed by atoms with van der Waals surface area (Å²) in [4.78, 5) is 20.6. The maximum absolute atomic E-state index is 10.6. The summed E-state index contributed by atoms with van der Waals surface area (Å²) in [6.07, 6.45) is -0.312. The second-order valence-corrected chi connectivity index (χ2v) is 2.17. The van der Waals surface area contributed by atoms with Crippen molar-refractivity contribution in [2.24, 2.45) is 0 Å². The van der Waals surface area contributed by atoms with E-state index in [1.807, 2.05) is 0 Å². The van der Waals surface area contributed by atoms with Crippen molar-refractivity contribution < 1.29 is 24.2 Å². The summed E-state index contributed by atoms with van der Waals surface area (Å²) < 4.78 is 9.52. The number of hydrogen-bond donors (Lipinski definition) is 1. The van der Waals surface area contributed by atoms with Crippen molar-refractivity contribution in [2.75, 3.05) is 14.2 Å². The summed E-state index contributed by atoms with van der Waals surface area (Å²) in [5, 5.41) is 8.21. The SMILES string of the molecule is COC(CCC(=O)C(=O)O)OC. The van der Waals surface area contributed by atoms with Gasteiger partial charge in [-0.2, -0.15) is 0 Å². The fourth-order valence-electron chi connectivity index (χ4n) is 0.688. The average Bonchev–Trinajstić information content (AvgIpc) is 2.05. The highest BCUT2D eigenvalue weighted by Gasteiger charge is 2.14. The van der Waals surface area contributed by atoms with Crippen LogP contribution in [0.5, 0.6) is 0 Å². The van der Waals surface area contributed by atoms with Crippen LogP contribution in [-0.4, -0.2) is 37.4 Å². The molecule has 0 saturated heterocycles. The summed E-state index contributed by atoms with van der Waals surface area (Å²) in [5.41, 5.74) is 0. The fourth-order valence-corrected chi connectivity index (χ4v) is 0.688. The first kappa shape index (κ1) is 11.1. The van der Waals surface area contributed by atoms with Gasteiger partial charge in [-0.15, -0.1) is 0 Å². The van der Waals surface area contributed by atoms with Crippen LogP contribution in [0.25, 0.3) is 0 Å². The molecule has 0 aliphatic rings. The lowest BCUT2D eigenvalue weighted by Gasteiger charge is -2.11. The van der Waals surface area contributed by atoms with Crippen molar-refractivity contribution in [3.8, 4) is 0 Å². The van der Waals surface area contributed by atoms with Gasteiger partial charge in [-0.1, -0.05) is 0 Å². The van der Waals surface area contributed by atoms with Crippen LogP contribution in [0.2, 0.25) is 0 Å². The highest BCUT2D eigenvalue weighted by molar-refractivity contribution is 6.32. The van der Waals surface area contributed by atoms with E-state index in [9.17, 15) is 9.59 Å². The molecule has 0 aromatic carbocycles. The number of rotatable bonds is 6. The van der Waals surface area contributed by atoms with Crippen LogP contribution in [0.3, 0.4) is 0 Å². The van der Waals surface area contributed by atoms with E-state index in [1.165, 1.54) is 14.2 Å². The molecule has 0 aromatic heterocycles. The minimum absolute atomic E-state index is 0.0678. The molecule has 0 atom stereocenters. The molecule has 0 radical (unpaired) electrons. The highest BCUT2D eigenvalue weighted by Crippen LogP contribution is 2.02. The largest absolute Gasteiger partial charge is 0.476 e. The molecule has 12 heavy (non-hydrogen) atoms. The molecule has 0 fully saturated rings. The Kier molecular flexibility index (Phi) is 5.23. The van der Waals surface area contributed by atoms with E-state index in [0.717, 1.165) is 0 Å². The minimum Gasteiger partial charge on any atom is -0.476 e. The van der Waals surface area contributed by atoms with Gasteiger partial charge in [0.1, 0.15) is 0 Å². The van der Waals surface area contributed by atoms with E-state index in [2.05, 4.69) is 0 Å². The molecule has 0 aliphatic carbocycles. The first-order valence-electron chi connectivity index (χ1n) is 3.43. The Morgan fingerprint density at radius 3 is 2.17 bits per heavy atom. The van der Waals surface area contributed by atoms with Crippen molar-refractivity contribution in [2.45, 2.75) is 19.1 Å². The summed E-state index contributed by atoms with van der Waals surface area (Å²) in [7, 11) is 2.86. The van der Waals surface area contributed by atoms with E-state index in [1.54, 1.807) is 0 Å². The Hall–Kier alpha value is -0.940. The molecule has 0 bridgehead atoms. The van der Waals surface area contributed by atoms with Gasteiger partial charge in [-0.3, -0.25) is 4.79 Å². The van der Waals surface area contributed by atoms with Crippen molar-refractivity contribution in [1.29, 1.82) is 0 Å². The van der Waals surface area contributed by atoms with E-state index in [0.29, 0.717) is 0 Å². The molecular weight excluding hydrogens is 164 g/mol. The quantitative estimate of drug-likeness (QED) is 0.457. The molecule has 5 nitrogen and oxygen atoms in total. The molecule has 0 aromatic rings. The number of ether oxygens (including phenoxy) is 2. The molecule has 70 valence electrons. The summed E-state index contributed by atoms with van der Waals surface area (Å²) in [6, 6.07) is 0. The molecule has 0 saturated carbocycles. The normalized spacial score (nSPS) is 10.2. The zero-order valence-electron chi connectivity index (χ0n) is 7.07. The van der Waals surface area contributed by atoms with E-state index < -0.39 is 18.0 Å². The third-order valence-corrected chi connectivity index (χ3v) is 1.37. The average molecular weight is 176 g/mol. The lowest BCUT2D eigenvalue weighted by molar-refractivity contribution is -0.150. The van der Waals surface area contributed by atoms with E-state index in [-0.39, 0.29) is 12.8 Å². The third kappa shape index (κ3) is 4.05. The van der Waals surface area contributed by atoms with Gasteiger partial charge < -0.3 is 14.6 Å². The second-order valence-electron chi connectivity index (χ2n) is 2.17. The smallest absolute Gasteiger partial charge is 0.372 e. The number of carboxylic acids is 1. The number of carbonyl (C=O) groups excluding carboxylic acids is 1. The number of Topliss-reactive ketones (excluding diaryl/α,β-unsaturated/α-hetero) is 1. The molecule has 0 heterocycles. The molecule has 0 spiro atoms. The number of methoxy groups -OCH3 is 2. The number of aliphatic carboxylic acids is 1. The molecule has 0 aliphatic heterocycles. The van der Waals surface area contributed by atoms with Gasteiger partial charge in [0.15, 0.2) is 6.29 Å². The van der Waals surface area contributed by atoms with Crippen molar-refractivity contribution in [1.82, 2.24) is 0 Å². The van der Waals surface area contributed by atoms with Crippen LogP contribution in [0.1, 0.15) is 12.8 Å². The van der Waals surface area contributed by atoms with Crippen molar-refractivity contribution in [3.63, 3.8) is 0 Å². The zero-order chi connectivity index (χ0) is 9.56. The Morgan fingerprint density at radius 2 is 1.83 bits per heavy atom. The Labute approximate surface area is 70.3 Å². The molecule has 0 rings (SSSR count). The standard InChI is InChI=1S/C7H12O5/c1-11-6(12-2)4-3-5(8)7(9)10/h6H,3-4H2,1-2H3,(H,9,10). The predicted molar refractivity (Wildman–Crippen MR) is 39.7 cm³/mol. The molecular formula is C7H12O5. The van der Waals surface area contributed by atoms with E-state index >= 15 is 0 Å². The van der Waals surface area contributed by atoms with Crippen molar-refractivity contribution in [3.05, 3.63) is 0 Å². The maximum Gasteiger partial charge on any atom is 0.372 e. The molecule has 1 N–H and O–H groups in total. The van der Waals surface area contributed by atoms with Gasteiger partial charge in [0, 0.05) is 27.1 Å². The molecule has 0 amide bonds. The monoisotopic (exact) mass is 176 g/mol. The Morgan fingerprint density at radius 1 is 1.33 bits per heavy atom. The van der Waals surface area contributed by atoms with Gasteiger partial charge in [-0.25, -0.2) is 4.79 Å². The predicted octanol–water partition coefficient (Wildman–Crippen LogP) is 0.0392. The lowest BCUT2D eigenvalue weighted by Crippen LogP contribution is -2.18. The lowest BCUT2D eigenvalue weighted by atomic mass is 10.2. The third-order valence-electron chi connectivity index (χ3n) is 1.37. The summed E-state index contributed by atoms with van der Waals surface area (Å²) in [5.74, 6) is -2.24. The van der Waals surface area contributed by atoms with Gasteiger partial charge in [-0.05, 0) is 0 Å². The Bertz CT molecular complexity index is 161. The fraction of sp³-hybridized carbons (Fsp3) is 0.714. The first-order valence-corrected chi connectivity index (χ1v) is 3.43. The number of carbonyl (C=O) groups is 2. The summed E-state index contributed by atoms with van der Waals surface area (Å²) in [6.45, 7) is 0. The van der Waals surface area contributed by atoms with Gasteiger partial charge >= 0.3 is 5.97 Å². The minimum atomic E-state index is -1.42. The second kappa shape index (κ2) is 5.68. The Balaban J connectivity index is 3.66. The number of carboxylic acid groups (broad SMARTS) is 1. The van der Waals surface area contributed by atoms with Crippen LogP contribution in [0.15, 0.2) is 0 Å². The van der Waals surface area contributed by atoms with E-state index in [4.69, 9.17) is 14.6 Å². The summed E-state index contributed by atoms with van der Waals surface area (Å²) >= 11 is 0. The number of ketones is 1. The van der Waals surface area contributed by atoms with Gasteiger partial charge in [0.25, 0.3) is 0 Å². The topological polar surface area (TPSA) is 72.8 Å². The van der Waals surface area contributed by atoms with Gasteiger partial charge in [0.05, 0.1) is 0 Å². The number of hydrogen-bond acceptors (Lipinski definition) is 4.